The summed E-state index contributed by atoms with van der Waals surface area (Å²) in [4.78, 5) is 10.7. The zero-order valence-electron chi connectivity index (χ0n) is 10.9. The van der Waals surface area contributed by atoms with Gasteiger partial charge in [-0.3, -0.25) is 10.1 Å². The highest BCUT2D eigenvalue weighted by Gasteiger charge is 2.14. The number of thiophene rings is 1. The van der Waals surface area contributed by atoms with E-state index in [1.165, 1.54) is 5.56 Å². The van der Waals surface area contributed by atoms with Crippen molar-refractivity contribution < 1.29 is 4.92 Å². The maximum atomic E-state index is 11.0. The molecular weight excluding hydrogens is 260 g/mol. The molecular formula is C14H16N2O2S. The Morgan fingerprint density at radius 1 is 1.42 bits per heavy atom. The van der Waals surface area contributed by atoms with Gasteiger partial charge in [0, 0.05) is 23.4 Å². The summed E-state index contributed by atoms with van der Waals surface area (Å²) in [6.45, 7) is 3.96. The predicted molar refractivity (Wildman–Crippen MR) is 78.8 cm³/mol. The summed E-state index contributed by atoms with van der Waals surface area (Å²) in [6.07, 6.45) is 0.663. The number of benzene rings is 1. The fourth-order valence-electron chi connectivity index (χ4n) is 1.98. The van der Waals surface area contributed by atoms with E-state index < -0.39 is 0 Å². The first-order valence-electron chi connectivity index (χ1n) is 6.17. The smallest absolute Gasteiger partial charge is 0.274 e. The van der Waals surface area contributed by atoms with Crippen LogP contribution in [0, 0.1) is 10.1 Å². The average molecular weight is 276 g/mol. The molecule has 2 aromatic rings. The lowest BCUT2D eigenvalue weighted by Crippen LogP contribution is -2.06. The van der Waals surface area contributed by atoms with E-state index in [1.807, 2.05) is 31.4 Å². The van der Waals surface area contributed by atoms with Crippen LogP contribution in [0.3, 0.4) is 0 Å². The predicted octanol–water partition coefficient (Wildman–Crippen LogP) is 4.39. The van der Waals surface area contributed by atoms with Crippen LogP contribution in [0.5, 0.6) is 0 Å². The monoisotopic (exact) mass is 276 g/mol. The highest BCUT2D eigenvalue weighted by Crippen LogP contribution is 2.27. The van der Waals surface area contributed by atoms with Gasteiger partial charge in [0.05, 0.1) is 4.92 Å². The summed E-state index contributed by atoms with van der Waals surface area (Å²) in [5.41, 5.74) is 2.92. The van der Waals surface area contributed by atoms with Gasteiger partial charge in [0.2, 0.25) is 0 Å². The normalized spacial score (nSPS) is 12.1. The maximum absolute atomic E-state index is 11.0. The van der Waals surface area contributed by atoms with Gasteiger partial charge in [-0.1, -0.05) is 13.0 Å². The first kappa shape index (κ1) is 13.5. The number of nitro groups is 1. The zero-order chi connectivity index (χ0) is 13.8. The summed E-state index contributed by atoms with van der Waals surface area (Å²) in [7, 11) is 0. The molecule has 0 aliphatic carbocycles. The van der Waals surface area contributed by atoms with Crippen molar-refractivity contribution in [1.82, 2.24) is 0 Å². The molecule has 100 valence electrons. The molecule has 1 aromatic heterocycles. The average Bonchev–Trinajstić information content (AvgIpc) is 2.92. The van der Waals surface area contributed by atoms with E-state index in [-0.39, 0.29) is 16.7 Å². The molecule has 1 aromatic carbocycles. The molecule has 0 aliphatic rings. The quantitative estimate of drug-likeness (QED) is 0.650. The molecule has 0 saturated carbocycles. The molecule has 2 rings (SSSR count). The standard InChI is InChI=1S/C14H16N2O2S/c1-3-11-4-5-13(8-14(11)16(17)18)15-10(2)12-6-7-19-9-12/h4-10,15H,3H2,1-2H3. The molecule has 4 nitrogen and oxygen atoms in total. The van der Waals surface area contributed by atoms with Crippen molar-refractivity contribution in [1.29, 1.82) is 0 Å². The fraction of sp³-hybridized carbons (Fsp3) is 0.286. The van der Waals surface area contributed by atoms with Gasteiger partial charge in [-0.25, -0.2) is 0 Å². The van der Waals surface area contributed by atoms with E-state index in [4.69, 9.17) is 0 Å². The Balaban J connectivity index is 2.21. The Hall–Kier alpha value is -1.88. The molecule has 0 amide bonds. The molecule has 0 radical (unpaired) electrons. The highest BCUT2D eigenvalue weighted by atomic mass is 32.1. The van der Waals surface area contributed by atoms with Crippen LogP contribution in [0.15, 0.2) is 35.0 Å². The number of nitrogens with zero attached hydrogens (tertiary/aromatic N) is 1. The number of aryl methyl sites for hydroxylation is 1. The number of hydrogen-bond donors (Lipinski definition) is 1. The second-order valence-electron chi connectivity index (χ2n) is 4.38. The molecule has 0 aliphatic heterocycles. The van der Waals surface area contributed by atoms with Gasteiger partial charge in [0.15, 0.2) is 0 Å². The van der Waals surface area contributed by atoms with E-state index in [0.29, 0.717) is 6.42 Å². The second kappa shape index (κ2) is 5.84. The van der Waals surface area contributed by atoms with Gasteiger partial charge in [-0.05, 0) is 41.8 Å². The van der Waals surface area contributed by atoms with Crippen LogP contribution in [0.1, 0.15) is 31.0 Å². The third kappa shape index (κ3) is 3.12. The Morgan fingerprint density at radius 2 is 2.21 bits per heavy atom. The van der Waals surface area contributed by atoms with Crippen LogP contribution in [-0.2, 0) is 6.42 Å². The van der Waals surface area contributed by atoms with Crippen molar-refractivity contribution in [2.24, 2.45) is 0 Å². The first-order chi connectivity index (χ1) is 9.11. The number of anilines is 1. The van der Waals surface area contributed by atoms with Crippen molar-refractivity contribution in [3.05, 3.63) is 56.3 Å². The van der Waals surface area contributed by atoms with Crippen LogP contribution in [0.4, 0.5) is 11.4 Å². The molecule has 1 atom stereocenters. The van der Waals surface area contributed by atoms with E-state index in [9.17, 15) is 10.1 Å². The molecule has 5 heteroatoms. The van der Waals surface area contributed by atoms with Crippen LogP contribution in [0.25, 0.3) is 0 Å². The fourth-order valence-corrected chi connectivity index (χ4v) is 2.73. The van der Waals surface area contributed by atoms with Crippen molar-refractivity contribution in [3.8, 4) is 0 Å². The molecule has 0 fully saturated rings. The van der Waals surface area contributed by atoms with E-state index in [0.717, 1.165) is 11.3 Å². The number of rotatable bonds is 5. The van der Waals surface area contributed by atoms with Crippen molar-refractivity contribution in [2.75, 3.05) is 5.32 Å². The van der Waals surface area contributed by atoms with Gasteiger partial charge < -0.3 is 5.32 Å². The van der Waals surface area contributed by atoms with E-state index in [1.54, 1.807) is 17.4 Å². The topological polar surface area (TPSA) is 55.2 Å². The lowest BCUT2D eigenvalue weighted by molar-refractivity contribution is -0.385. The first-order valence-corrected chi connectivity index (χ1v) is 7.12. The molecule has 0 saturated heterocycles. The van der Waals surface area contributed by atoms with Crippen LogP contribution in [0.2, 0.25) is 0 Å². The summed E-state index contributed by atoms with van der Waals surface area (Å²) in [6, 6.07) is 7.52. The maximum Gasteiger partial charge on any atom is 0.274 e. The number of hydrogen-bond acceptors (Lipinski definition) is 4. The minimum absolute atomic E-state index is 0.137. The lowest BCUT2D eigenvalue weighted by atomic mass is 10.1. The summed E-state index contributed by atoms with van der Waals surface area (Å²) >= 11 is 1.64. The molecule has 1 heterocycles. The van der Waals surface area contributed by atoms with Crippen molar-refractivity contribution >= 4 is 22.7 Å². The van der Waals surface area contributed by atoms with Crippen LogP contribution >= 0.6 is 11.3 Å². The Bertz CT molecular complexity index is 567. The van der Waals surface area contributed by atoms with Gasteiger partial charge in [0.25, 0.3) is 5.69 Å². The van der Waals surface area contributed by atoms with Crippen LogP contribution in [-0.4, -0.2) is 4.92 Å². The van der Waals surface area contributed by atoms with E-state index >= 15 is 0 Å². The van der Waals surface area contributed by atoms with Crippen molar-refractivity contribution in [3.63, 3.8) is 0 Å². The SMILES string of the molecule is CCc1ccc(NC(C)c2ccsc2)cc1[N+](=O)[O-]. The lowest BCUT2D eigenvalue weighted by Gasteiger charge is -2.14. The van der Waals surface area contributed by atoms with Crippen LogP contribution < -0.4 is 5.32 Å². The Labute approximate surface area is 116 Å². The Kier molecular flexibility index (Phi) is 4.16. The third-order valence-electron chi connectivity index (χ3n) is 3.09. The van der Waals surface area contributed by atoms with Gasteiger partial charge in [0.1, 0.15) is 0 Å². The zero-order valence-corrected chi connectivity index (χ0v) is 11.7. The second-order valence-corrected chi connectivity index (χ2v) is 5.16. The third-order valence-corrected chi connectivity index (χ3v) is 3.79. The minimum atomic E-state index is -0.320. The van der Waals surface area contributed by atoms with E-state index in [2.05, 4.69) is 16.8 Å². The molecule has 0 spiro atoms. The summed E-state index contributed by atoms with van der Waals surface area (Å²) in [5, 5.41) is 18.4. The number of nitrogens with one attached hydrogen (secondary N) is 1. The molecule has 1 N–H and O–H groups in total. The molecule has 1 unspecified atom stereocenters. The van der Waals surface area contributed by atoms with Gasteiger partial charge in [-0.15, -0.1) is 0 Å². The number of nitro benzene ring substituents is 1. The summed E-state index contributed by atoms with van der Waals surface area (Å²) < 4.78 is 0. The van der Waals surface area contributed by atoms with Crippen molar-refractivity contribution in [2.45, 2.75) is 26.3 Å². The van der Waals surface area contributed by atoms with Gasteiger partial charge >= 0.3 is 0 Å². The largest absolute Gasteiger partial charge is 0.378 e. The van der Waals surface area contributed by atoms with Gasteiger partial charge in [-0.2, -0.15) is 11.3 Å². The molecule has 0 bridgehead atoms. The summed E-state index contributed by atoms with van der Waals surface area (Å²) in [5.74, 6) is 0. The minimum Gasteiger partial charge on any atom is -0.378 e. The highest BCUT2D eigenvalue weighted by molar-refractivity contribution is 7.07. The Morgan fingerprint density at radius 3 is 2.79 bits per heavy atom. The molecule has 19 heavy (non-hydrogen) atoms.